The van der Waals surface area contributed by atoms with Crippen LogP contribution in [0.25, 0.3) is 0 Å². The van der Waals surface area contributed by atoms with Crippen LogP contribution in [0.3, 0.4) is 0 Å². The van der Waals surface area contributed by atoms with Crippen LogP contribution in [0, 0.1) is 0 Å². The van der Waals surface area contributed by atoms with Gasteiger partial charge >= 0.3 is 0 Å². The number of hydrogen-bond donors (Lipinski definition) is 3. The van der Waals surface area contributed by atoms with Gasteiger partial charge in [-0.3, -0.25) is 4.99 Å². The smallest absolute Gasteiger partial charge is 0.0858 e. The fourth-order valence-corrected chi connectivity index (χ4v) is 3.62. The fourth-order valence-electron chi connectivity index (χ4n) is 3.62. The number of nitrogens with zero attached hydrogens (tertiary/aromatic N) is 2. The highest BCUT2D eigenvalue weighted by Gasteiger charge is 2.31. The third-order valence-electron chi connectivity index (χ3n) is 4.77. The number of aliphatic hydroxyl groups excluding tert-OH is 2. The first-order valence-corrected chi connectivity index (χ1v) is 8.54. The van der Waals surface area contributed by atoms with Crippen molar-refractivity contribution < 1.29 is 10.2 Å². The molecule has 1 fully saturated rings. The molecule has 5 heteroatoms. The topological polar surface area (TPSA) is 68.1 Å². The Morgan fingerprint density at radius 2 is 2.24 bits per heavy atom. The van der Waals surface area contributed by atoms with Gasteiger partial charge in [0.25, 0.3) is 0 Å². The van der Waals surface area contributed by atoms with Crippen molar-refractivity contribution in [1.82, 2.24) is 10.2 Å². The van der Waals surface area contributed by atoms with Crippen molar-refractivity contribution in [3.63, 3.8) is 0 Å². The average Bonchev–Trinajstić information content (AvgIpc) is 2.83. The van der Waals surface area contributed by atoms with Crippen molar-refractivity contribution in [3.05, 3.63) is 0 Å². The summed E-state index contributed by atoms with van der Waals surface area (Å²) >= 11 is 0. The van der Waals surface area contributed by atoms with Crippen LogP contribution in [0.5, 0.6) is 0 Å². The number of hydrogen-bond acceptors (Lipinski definition) is 5. The highest BCUT2D eigenvalue weighted by Crippen LogP contribution is 2.22. The molecular formula is C16H31N3O2. The second-order valence-electron chi connectivity index (χ2n) is 6.45. The van der Waals surface area contributed by atoms with Crippen molar-refractivity contribution in [2.75, 3.05) is 13.1 Å². The summed E-state index contributed by atoms with van der Waals surface area (Å²) in [6, 6.07) is 0.828. The molecule has 0 bridgehead atoms. The van der Waals surface area contributed by atoms with E-state index < -0.39 is 6.10 Å². The van der Waals surface area contributed by atoms with Crippen molar-refractivity contribution >= 4 is 6.34 Å². The zero-order chi connectivity index (χ0) is 15.2. The van der Waals surface area contributed by atoms with Crippen LogP contribution in [0.4, 0.5) is 0 Å². The Hall–Kier alpha value is -0.650. The number of β-amino-alcohol motifs (C(OH)–C–C–N with tert-alkyl or cyclic N) is 1. The Morgan fingerprint density at radius 1 is 1.43 bits per heavy atom. The summed E-state index contributed by atoms with van der Waals surface area (Å²) in [6.07, 6.45) is 6.96. The lowest BCUT2D eigenvalue weighted by Crippen LogP contribution is -2.48. The molecule has 2 aliphatic rings. The zero-order valence-electron chi connectivity index (χ0n) is 13.4. The Labute approximate surface area is 128 Å². The highest BCUT2D eigenvalue weighted by molar-refractivity contribution is 5.59. The normalized spacial score (nSPS) is 34.4. The standard InChI is InChI=1S/C16H31N3O2/c1-3-6-13-15(4-2)19(11-18-13)10-12(20)9-14-16(21)7-5-8-17-14/h11-17,20-21H,3-10H2,1-2H3/t12?,13?,14-,15?,16+/m1/s1. The van der Waals surface area contributed by atoms with E-state index in [1.807, 2.05) is 6.34 Å². The van der Waals surface area contributed by atoms with Gasteiger partial charge < -0.3 is 20.4 Å². The molecule has 5 nitrogen and oxygen atoms in total. The molecule has 3 N–H and O–H groups in total. The summed E-state index contributed by atoms with van der Waals surface area (Å²) in [6.45, 7) is 5.94. The van der Waals surface area contributed by atoms with Crippen LogP contribution in [-0.2, 0) is 0 Å². The van der Waals surface area contributed by atoms with Crippen LogP contribution in [-0.4, -0.2) is 64.9 Å². The molecule has 3 unspecified atom stereocenters. The van der Waals surface area contributed by atoms with Gasteiger partial charge in [-0.2, -0.15) is 0 Å². The van der Waals surface area contributed by atoms with Gasteiger partial charge in [0, 0.05) is 12.6 Å². The number of aliphatic imine (C=N–C) groups is 1. The molecule has 0 aromatic carbocycles. The molecule has 5 atom stereocenters. The van der Waals surface area contributed by atoms with Crippen LogP contribution >= 0.6 is 0 Å². The third-order valence-corrected chi connectivity index (χ3v) is 4.77. The molecule has 0 aliphatic carbocycles. The molecule has 21 heavy (non-hydrogen) atoms. The van der Waals surface area contributed by atoms with E-state index in [0.29, 0.717) is 25.0 Å². The van der Waals surface area contributed by atoms with E-state index in [9.17, 15) is 10.2 Å². The Balaban J connectivity index is 1.81. The van der Waals surface area contributed by atoms with Crippen LogP contribution in [0.2, 0.25) is 0 Å². The van der Waals surface area contributed by atoms with E-state index in [1.165, 1.54) is 0 Å². The molecular weight excluding hydrogens is 266 g/mol. The molecule has 1 saturated heterocycles. The number of nitrogens with one attached hydrogen (secondary N) is 1. The molecule has 0 saturated carbocycles. The largest absolute Gasteiger partial charge is 0.392 e. The maximum atomic E-state index is 10.4. The van der Waals surface area contributed by atoms with Gasteiger partial charge in [0.2, 0.25) is 0 Å². The van der Waals surface area contributed by atoms with Crippen LogP contribution in [0.1, 0.15) is 52.4 Å². The Morgan fingerprint density at radius 3 is 2.90 bits per heavy atom. The number of piperidine rings is 1. The van der Waals surface area contributed by atoms with E-state index in [2.05, 4.69) is 29.1 Å². The second-order valence-corrected chi connectivity index (χ2v) is 6.45. The monoisotopic (exact) mass is 297 g/mol. The highest BCUT2D eigenvalue weighted by atomic mass is 16.3. The van der Waals surface area contributed by atoms with Gasteiger partial charge in [-0.1, -0.05) is 20.3 Å². The predicted molar refractivity (Wildman–Crippen MR) is 85.6 cm³/mol. The summed E-state index contributed by atoms with van der Waals surface area (Å²) in [7, 11) is 0. The summed E-state index contributed by atoms with van der Waals surface area (Å²) in [5, 5.41) is 23.6. The molecule has 0 spiro atoms. The first kappa shape index (κ1) is 16.7. The number of rotatable bonds is 7. The molecule has 2 rings (SSSR count). The minimum Gasteiger partial charge on any atom is -0.392 e. The third kappa shape index (κ3) is 4.41. The van der Waals surface area contributed by atoms with Crippen LogP contribution in [0.15, 0.2) is 4.99 Å². The SMILES string of the molecule is CCCC1N=CN(CC(O)C[C@H]2NCCC[C@@H]2O)C1CC. The molecule has 0 amide bonds. The maximum absolute atomic E-state index is 10.4. The van der Waals surface area contributed by atoms with Crippen molar-refractivity contribution in [2.45, 2.75) is 82.7 Å². The van der Waals surface area contributed by atoms with Gasteiger partial charge in [0.15, 0.2) is 0 Å². The minimum absolute atomic E-state index is 0.0276. The van der Waals surface area contributed by atoms with Gasteiger partial charge in [0.1, 0.15) is 0 Å². The van der Waals surface area contributed by atoms with E-state index in [-0.39, 0.29) is 12.1 Å². The van der Waals surface area contributed by atoms with E-state index in [1.54, 1.807) is 0 Å². The zero-order valence-corrected chi connectivity index (χ0v) is 13.4. The van der Waals surface area contributed by atoms with Gasteiger partial charge in [-0.05, 0) is 38.6 Å². The fraction of sp³-hybridized carbons (Fsp3) is 0.938. The van der Waals surface area contributed by atoms with Gasteiger partial charge in [0.05, 0.1) is 30.6 Å². The van der Waals surface area contributed by atoms with E-state index >= 15 is 0 Å². The Bertz CT molecular complexity index is 337. The quantitative estimate of drug-likeness (QED) is 0.659. The molecule has 0 aromatic rings. The van der Waals surface area contributed by atoms with E-state index in [0.717, 1.165) is 38.6 Å². The summed E-state index contributed by atoms with van der Waals surface area (Å²) < 4.78 is 0. The van der Waals surface area contributed by atoms with Gasteiger partial charge in [-0.15, -0.1) is 0 Å². The van der Waals surface area contributed by atoms with E-state index in [4.69, 9.17) is 0 Å². The molecule has 2 heterocycles. The first-order chi connectivity index (χ1) is 10.2. The minimum atomic E-state index is -0.420. The summed E-state index contributed by atoms with van der Waals surface area (Å²) in [5.74, 6) is 0. The van der Waals surface area contributed by atoms with Crippen molar-refractivity contribution in [2.24, 2.45) is 4.99 Å². The summed E-state index contributed by atoms with van der Waals surface area (Å²) in [4.78, 5) is 6.79. The lowest BCUT2D eigenvalue weighted by molar-refractivity contribution is 0.0496. The molecule has 122 valence electrons. The second kappa shape index (κ2) is 8.11. The predicted octanol–water partition coefficient (Wildman–Crippen LogP) is 1.14. The van der Waals surface area contributed by atoms with Crippen molar-refractivity contribution in [3.8, 4) is 0 Å². The molecule has 0 aromatic heterocycles. The average molecular weight is 297 g/mol. The van der Waals surface area contributed by atoms with Gasteiger partial charge in [-0.25, -0.2) is 0 Å². The molecule has 2 aliphatic heterocycles. The Kier molecular flexibility index (Phi) is 6.45. The van der Waals surface area contributed by atoms with Crippen molar-refractivity contribution in [1.29, 1.82) is 0 Å². The maximum Gasteiger partial charge on any atom is 0.0858 e. The first-order valence-electron chi connectivity index (χ1n) is 8.54. The lowest BCUT2D eigenvalue weighted by atomic mass is 9.95. The number of aliphatic hydroxyl groups is 2. The lowest BCUT2D eigenvalue weighted by Gasteiger charge is -2.33. The molecule has 0 radical (unpaired) electrons. The summed E-state index contributed by atoms with van der Waals surface area (Å²) in [5.41, 5.74) is 0. The van der Waals surface area contributed by atoms with Crippen LogP contribution < -0.4 is 5.32 Å².